The molecule has 2 saturated carbocycles. The normalized spacial score (nSPS) is 26.9. The van der Waals surface area contributed by atoms with Crippen LogP contribution < -0.4 is 10.6 Å². The van der Waals surface area contributed by atoms with Crippen molar-refractivity contribution in [3.8, 4) is 0 Å². The van der Waals surface area contributed by atoms with Gasteiger partial charge in [0.1, 0.15) is 5.82 Å². The van der Waals surface area contributed by atoms with E-state index >= 15 is 0 Å². The van der Waals surface area contributed by atoms with Gasteiger partial charge in [-0.05, 0) is 49.7 Å². The fourth-order valence-electron chi connectivity index (χ4n) is 5.04. The van der Waals surface area contributed by atoms with Crippen molar-refractivity contribution in [2.75, 3.05) is 0 Å². The summed E-state index contributed by atoms with van der Waals surface area (Å²) in [7, 11) is 0. The third-order valence-corrected chi connectivity index (χ3v) is 7.60. The molecule has 2 fully saturated rings. The Morgan fingerprint density at radius 2 is 1.83 bits per heavy atom. The fraction of sp³-hybridized carbons (Fsp3) is 0.636. The highest BCUT2D eigenvalue weighted by molar-refractivity contribution is 6.42. The zero-order valence-electron chi connectivity index (χ0n) is 17.2. The molecule has 2 N–H and O–H groups in total. The van der Waals surface area contributed by atoms with E-state index in [1.54, 1.807) is 0 Å². The standard InChI is InChI=1S/C22H29Cl2FN2O2/c1-13(28)26-14-8-11-22(3,12-14)20(29)27-19(21(2)9-4-5-10-21)17-16(25)7-6-15(23)18(17)24/h6-7,14,19H,4-5,8-12H2,1-3H3,(H,26,28)(H,27,29)/t14-,19+,22-/m0/s1. The first-order valence-corrected chi connectivity index (χ1v) is 11.0. The van der Waals surface area contributed by atoms with Gasteiger partial charge < -0.3 is 10.6 Å². The predicted octanol–water partition coefficient (Wildman–Crippen LogP) is 5.57. The van der Waals surface area contributed by atoms with Crippen molar-refractivity contribution in [2.24, 2.45) is 10.8 Å². The highest BCUT2D eigenvalue weighted by atomic mass is 35.5. The Labute approximate surface area is 181 Å². The van der Waals surface area contributed by atoms with Gasteiger partial charge in [-0.1, -0.05) is 49.9 Å². The number of hydrogen-bond donors (Lipinski definition) is 2. The smallest absolute Gasteiger partial charge is 0.226 e. The van der Waals surface area contributed by atoms with Gasteiger partial charge >= 0.3 is 0 Å². The Balaban J connectivity index is 1.90. The van der Waals surface area contributed by atoms with Crippen molar-refractivity contribution >= 4 is 35.0 Å². The van der Waals surface area contributed by atoms with E-state index in [-0.39, 0.29) is 38.9 Å². The molecule has 0 unspecified atom stereocenters. The Bertz CT molecular complexity index is 810. The maximum atomic E-state index is 14.9. The lowest BCUT2D eigenvalue weighted by Crippen LogP contribution is -2.45. The topological polar surface area (TPSA) is 58.2 Å². The summed E-state index contributed by atoms with van der Waals surface area (Å²) in [5, 5.41) is 6.50. The summed E-state index contributed by atoms with van der Waals surface area (Å²) in [5.74, 6) is -0.673. The van der Waals surface area contributed by atoms with Crippen LogP contribution in [0.5, 0.6) is 0 Å². The minimum atomic E-state index is -0.623. The van der Waals surface area contributed by atoms with Crippen LogP contribution in [0.15, 0.2) is 12.1 Å². The van der Waals surface area contributed by atoms with E-state index in [0.717, 1.165) is 32.1 Å². The molecule has 0 aromatic heterocycles. The summed E-state index contributed by atoms with van der Waals surface area (Å²) < 4.78 is 14.9. The molecule has 4 nitrogen and oxygen atoms in total. The molecule has 1 aromatic carbocycles. The first-order chi connectivity index (χ1) is 13.6. The third-order valence-electron chi connectivity index (χ3n) is 6.78. The number of hydrogen-bond acceptors (Lipinski definition) is 2. The van der Waals surface area contributed by atoms with Crippen LogP contribution in [-0.2, 0) is 9.59 Å². The van der Waals surface area contributed by atoms with Gasteiger partial charge in [0.15, 0.2) is 0 Å². The molecule has 0 heterocycles. The van der Waals surface area contributed by atoms with Gasteiger partial charge in [0.2, 0.25) is 11.8 Å². The molecule has 2 amide bonds. The lowest BCUT2D eigenvalue weighted by molar-refractivity contribution is -0.132. The number of halogens is 3. The number of rotatable bonds is 5. The van der Waals surface area contributed by atoms with E-state index in [1.807, 2.05) is 6.92 Å². The summed E-state index contributed by atoms with van der Waals surface area (Å²) in [6.07, 6.45) is 5.80. The molecule has 0 radical (unpaired) electrons. The quantitative estimate of drug-likeness (QED) is 0.585. The summed E-state index contributed by atoms with van der Waals surface area (Å²) >= 11 is 12.6. The molecule has 1 aromatic rings. The van der Waals surface area contributed by atoms with Gasteiger partial charge in [-0.2, -0.15) is 0 Å². The first kappa shape index (κ1) is 22.4. The predicted molar refractivity (Wildman–Crippen MR) is 113 cm³/mol. The Morgan fingerprint density at radius 1 is 1.17 bits per heavy atom. The zero-order chi connectivity index (χ0) is 21.4. The molecule has 0 spiro atoms. The SMILES string of the molecule is CC(=O)N[C@H]1CC[C@](C)(C(=O)N[C@H](c2c(F)ccc(Cl)c2Cl)C2(C)CCCC2)C1. The van der Waals surface area contributed by atoms with E-state index in [2.05, 4.69) is 17.6 Å². The highest BCUT2D eigenvalue weighted by Gasteiger charge is 2.46. The van der Waals surface area contributed by atoms with Crippen LogP contribution in [0, 0.1) is 16.6 Å². The van der Waals surface area contributed by atoms with Gasteiger partial charge in [0.25, 0.3) is 0 Å². The van der Waals surface area contributed by atoms with Gasteiger partial charge in [-0.3, -0.25) is 9.59 Å². The zero-order valence-corrected chi connectivity index (χ0v) is 18.7. The van der Waals surface area contributed by atoms with E-state index < -0.39 is 17.3 Å². The lowest BCUT2D eigenvalue weighted by atomic mass is 9.76. The van der Waals surface area contributed by atoms with Gasteiger partial charge in [-0.15, -0.1) is 0 Å². The molecule has 0 saturated heterocycles. The van der Waals surface area contributed by atoms with Crippen molar-refractivity contribution in [3.05, 3.63) is 33.6 Å². The van der Waals surface area contributed by atoms with Crippen LogP contribution in [0.2, 0.25) is 10.0 Å². The average molecular weight is 443 g/mol. The molecular formula is C22H29Cl2FN2O2. The van der Waals surface area contributed by atoms with Crippen LogP contribution >= 0.6 is 23.2 Å². The number of carbonyl (C=O) groups is 2. The van der Waals surface area contributed by atoms with Crippen molar-refractivity contribution in [3.63, 3.8) is 0 Å². The second kappa shape index (κ2) is 8.43. The molecule has 3 atom stereocenters. The largest absolute Gasteiger partial charge is 0.354 e. The highest BCUT2D eigenvalue weighted by Crippen LogP contribution is 2.50. The molecular weight excluding hydrogens is 414 g/mol. The molecule has 0 bridgehead atoms. The molecule has 7 heteroatoms. The van der Waals surface area contributed by atoms with Crippen molar-refractivity contribution < 1.29 is 14.0 Å². The van der Waals surface area contributed by atoms with Crippen molar-refractivity contribution in [1.82, 2.24) is 10.6 Å². The number of nitrogens with one attached hydrogen (secondary N) is 2. The maximum absolute atomic E-state index is 14.9. The first-order valence-electron chi connectivity index (χ1n) is 10.3. The maximum Gasteiger partial charge on any atom is 0.226 e. The summed E-state index contributed by atoms with van der Waals surface area (Å²) in [4.78, 5) is 24.8. The fourth-order valence-corrected chi connectivity index (χ4v) is 5.46. The Hall–Kier alpha value is -1.33. The van der Waals surface area contributed by atoms with Gasteiger partial charge in [-0.25, -0.2) is 4.39 Å². The van der Waals surface area contributed by atoms with Crippen LogP contribution in [0.1, 0.15) is 77.3 Å². The van der Waals surface area contributed by atoms with Crippen LogP contribution in [-0.4, -0.2) is 17.9 Å². The monoisotopic (exact) mass is 442 g/mol. The number of amides is 2. The number of carbonyl (C=O) groups excluding carboxylic acids is 2. The minimum absolute atomic E-state index is 0.0183. The van der Waals surface area contributed by atoms with E-state index in [1.165, 1.54) is 19.1 Å². The van der Waals surface area contributed by atoms with Crippen LogP contribution in [0.4, 0.5) is 4.39 Å². The van der Waals surface area contributed by atoms with Crippen molar-refractivity contribution in [1.29, 1.82) is 0 Å². The van der Waals surface area contributed by atoms with E-state index in [9.17, 15) is 14.0 Å². The molecule has 2 aliphatic rings. The van der Waals surface area contributed by atoms with Crippen LogP contribution in [0.25, 0.3) is 0 Å². The van der Waals surface area contributed by atoms with Crippen molar-refractivity contribution in [2.45, 2.75) is 77.8 Å². The van der Waals surface area contributed by atoms with Crippen LogP contribution in [0.3, 0.4) is 0 Å². The minimum Gasteiger partial charge on any atom is -0.354 e. The second-order valence-corrected chi connectivity index (χ2v) is 10.0. The molecule has 29 heavy (non-hydrogen) atoms. The Kier molecular flexibility index (Phi) is 6.50. The molecule has 3 rings (SSSR count). The third kappa shape index (κ3) is 4.56. The molecule has 2 aliphatic carbocycles. The summed E-state index contributed by atoms with van der Waals surface area (Å²) in [5.41, 5.74) is -0.643. The van der Waals surface area contributed by atoms with Gasteiger partial charge in [0, 0.05) is 23.9 Å². The summed E-state index contributed by atoms with van der Waals surface area (Å²) in [6.45, 7) is 5.48. The Morgan fingerprint density at radius 3 is 2.45 bits per heavy atom. The van der Waals surface area contributed by atoms with E-state index in [0.29, 0.717) is 12.8 Å². The van der Waals surface area contributed by atoms with E-state index in [4.69, 9.17) is 23.2 Å². The number of benzene rings is 1. The average Bonchev–Trinajstić information content (AvgIpc) is 3.24. The molecule has 0 aliphatic heterocycles. The summed E-state index contributed by atoms with van der Waals surface area (Å²) in [6, 6.07) is 2.18. The van der Waals surface area contributed by atoms with Gasteiger partial charge in [0.05, 0.1) is 16.1 Å². The molecule has 160 valence electrons. The second-order valence-electron chi connectivity index (χ2n) is 9.23. The lowest BCUT2D eigenvalue weighted by Gasteiger charge is -2.38.